The van der Waals surface area contributed by atoms with Crippen LogP contribution >= 0.6 is 0 Å². The molecule has 0 aliphatic carbocycles. The number of fused-ring (bicyclic) bond motifs is 1. The lowest BCUT2D eigenvalue weighted by Crippen LogP contribution is -2.41. The summed E-state index contributed by atoms with van der Waals surface area (Å²) in [5.41, 5.74) is 2.41. The first kappa shape index (κ1) is 19.8. The van der Waals surface area contributed by atoms with E-state index in [1.807, 2.05) is 30.3 Å². The molecule has 1 aliphatic heterocycles. The third-order valence-corrected chi connectivity index (χ3v) is 4.89. The van der Waals surface area contributed by atoms with Gasteiger partial charge in [-0.3, -0.25) is 4.79 Å². The summed E-state index contributed by atoms with van der Waals surface area (Å²) in [5, 5.41) is 41.8. The van der Waals surface area contributed by atoms with Crippen LogP contribution in [0.3, 0.4) is 0 Å². The molecule has 146 valence electrons. The van der Waals surface area contributed by atoms with Gasteiger partial charge in [-0.25, -0.2) is 0 Å². The fourth-order valence-electron chi connectivity index (χ4n) is 2.96. The Balaban J connectivity index is 1.81. The molecule has 1 saturated heterocycles. The number of allylic oxidation sites excluding steroid dienone is 1. The van der Waals surface area contributed by atoms with Gasteiger partial charge in [0.25, 0.3) is 5.91 Å². The molecule has 1 amide bonds. The minimum absolute atomic E-state index is 0.0641. The van der Waals surface area contributed by atoms with Crippen LogP contribution in [0.5, 0.6) is 0 Å². The summed E-state index contributed by atoms with van der Waals surface area (Å²) in [5.74, 6) is -0.638. The average molecular weight is 381 g/mol. The minimum Gasteiger partial charge on any atom is -0.394 e. The van der Waals surface area contributed by atoms with E-state index in [1.165, 1.54) is 5.69 Å². The summed E-state index contributed by atoms with van der Waals surface area (Å²) in [4.78, 5) is 14.6. The molecule has 2 aromatic rings. The van der Waals surface area contributed by atoms with Crippen molar-refractivity contribution < 1.29 is 20.1 Å². The number of benzene rings is 2. The molecule has 2 aromatic carbocycles. The van der Waals surface area contributed by atoms with Crippen LogP contribution in [0.1, 0.15) is 12.5 Å². The van der Waals surface area contributed by atoms with Crippen molar-refractivity contribution in [3.8, 4) is 6.07 Å². The molecule has 1 heterocycles. The summed E-state index contributed by atoms with van der Waals surface area (Å²) < 4.78 is 0. The molecule has 28 heavy (non-hydrogen) atoms. The summed E-state index contributed by atoms with van der Waals surface area (Å²) in [6.07, 6.45) is -2.67. The predicted molar refractivity (Wildman–Crippen MR) is 106 cm³/mol. The third kappa shape index (κ3) is 4.31. The van der Waals surface area contributed by atoms with E-state index in [9.17, 15) is 20.3 Å². The Morgan fingerprint density at radius 2 is 1.86 bits per heavy atom. The van der Waals surface area contributed by atoms with Gasteiger partial charge in [-0.15, -0.1) is 0 Å². The van der Waals surface area contributed by atoms with Crippen molar-refractivity contribution in [1.82, 2.24) is 5.32 Å². The van der Waals surface area contributed by atoms with Crippen LogP contribution in [0.2, 0.25) is 0 Å². The van der Waals surface area contributed by atoms with Gasteiger partial charge in [0.15, 0.2) is 0 Å². The molecule has 2 unspecified atom stereocenters. The Morgan fingerprint density at radius 1 is 1.18 bits per heavy atom. The van der Waals surface area contributed by atoms with Crippen molar-refractivity contribution in [3.05, 3.63) is 47.5 Å². The number of carbonyl (C=O) groups excluding carboxylic acids is 1. The van der Waals surface area contributed by atoms with Gasteiger partial charge in [0.1, 0.15) is 17.7 Å². The molecule has 0 bridgehead atoms. The predicted octanol–water partition coefficient (Wildman–Crippen LogP) is 0.787. The minimum atomic E-state index is -1.35. The lowest BCUT2D eigenvalue weighted by molar-refractivity contribution is -0.118. The van der Waals surface area contributed by atoms with Gasteiger partial charge in [0.2, 0.25) is 0 Å². The van der Waals surface area contributed by atoms with Gasteiger partial charge in [0, 0.05) is 25.3 Å². The molecular formula is C21H23N3O4. The molecule has 2 atom stereocenters. The van der Waals surface area contributed by atoms with Crippen molar-refractivity contribution in [2.24, 2.45) is 0 Å². The number of rotatable bonds is 7. The van der Waals surface area contributed by atoms with Crippen LogP contribution < -0.4 is 10.2 Å². The second kappa shape index (κ2) is 8.40. The lowest BCUT2D eigenvalue weighted by atomic mass is 9.98. The fraction of sp³-hybridized carbons (Fsp3) is 0.333. The van der Waals surface area contributed by atoms with Crippen molar-refractivity contribution in [1.29, 1.82) is 5.26 Å². The fourth-order valence-corrected chi connectivity index (χ4v) is 2.96. The molecule has 1 fully saturated rings. The van der Waals surface area contributed by atoms with Crippen molar-refractivity contribution >= 4 is 27.9 Å². The Hall–Kier alpha value is -2.92. The summed E-state index contributed by atoms with van der Waals surface area (Å²) >= 11 is 0. The summed E-state index contributed by atoms with van der Waals surface area (Å²) in [6, 6.07) is 13.9. The molecule has 0 radical (unpaired) electrons. The molecule has 1 aliphatic rings. The zero-order valence-electron chi connectivity index (χ0n) is 15.6. The van der Waals surface area contributed by atoms with Crippen molar-refractivity contribution in [2.45, 2.75) is 19.1 Å². The monoisotopic (exact) mass is 381 g/mol. The highest BCUT2D eigenvalue weighted by molar-refractivity contribution is 6.05. The summed E-state index contributed by atoms with van der Waals surface area (Å²) in [7, 11) is 0. The van der Waals surface area contributed by atoms with Gasteiger partial charge < -0.3 is 25.5 Å². The number of anilines is 1. The van der Waals surface area contributed by atoms with E-state index in [-0.39, 0.29) is 12.1 Å². The highest BCUT2D eigenvalue weighted by Gasteiger charge is 2.20. The van der Waals surface area contributed by atoms with Gasteiger partial charge in [-0.2, -0.15) is 5.26 Å². The molecule has 7 nitrogen and oxygen atoms in total. The van der Waals surface area contributed by atoms with Crippen LogP contribution in [0.4, 0.5) is 5.69 Å². The number of carbonyl (C=O) groups is 1. The summed E-state index contributed by atoms with van der Waals surface area (Å²) in [6.45, 7) is 2.97. The van der Waals surface area contributed by atoms with Crippen LogP contribution in [-0.2, 0) is 4.79 Å². The third-order valence-electron chi connectivity index (χ3n) is 4.89. The number of nitrogens with zero attached hydrogens (tertiary/aromatic N) is 2. The molecule has 7 heteroatoms. The quantitative estimate of drug-likeness (QED) is 0.320. The standard InChI is InChI=1S/C21H23N3O4/c1-13(18(10-22)21(28)23-11-19(26)20(27)12-25)14-2-3-16-9-17(24-6-7-24)5-4-15(16)8-14/h2-5,8-9,19-20,25-27H,6-7,11-12H2,1H3,(H,23,28)/b18-13+. The Bertz CT molecular complexity index is 960. The number of aliphatic hydroxyl groups excluding tert-OH is 3. The van der Waals surface area contributed by atoms with E-state index in [0.717, 1.165) is 29.4 Å². The smallest absolute Gasteiger partial charge is 0.262 e. The van der Waals surface area contributed by atoms with Crippen LogP contribution in [0.25, 0.3) is 16.3 Å². The number of amides is 1. The molecule has 0 saturated carbocycles. The maximum absolute atomic E-state index is 12.3. The maximum Gasteiger partial charge on any atom is 0.262 e. The molecule has 3 rings (SSSR count). The zero-order chi connectivity index (χ0) is 20.3. The first-order valence-electron chi connectivity index (χ1n) is 9.10. The van der Waals surface area contributed by atoms with Gasteiger partial charge in [-0.1, -0.05) is 18.2 Å². The number of aliphatic hydroxyl groups is 3. The molecular weight excluding hydrogens is 358 g/mol. The van der Waals surface area contributed by atoms with Gasteiger partial charge in [-0.05, 0) is 47.0 Å². The zero-order valence-corrected chi connectivity index (χ0v) is 15.6. The highest BCUT2D eigenvalue weighted by atomic mass is 16.4. The SMILES string of the molecule is C/C(=C(/C#N)C(=O)NCC(O)C(O)CO)c1ccc2cc(N3CC3)ccc2c1. The normalized spacial score (nSPS) is 16.2. The maximum atomic E-state index is 12.3. The number of hydrogen-bond acceptors (Lipinski definition) is 6. The van der Waals surface area contributed by atoms with Crippen LogP contribution in [-0.4, -0.2) is 59.7 Å². The Kier molecular flexibility index (Phi) is 5.95. The van der Waals surface area contributed by atoms with E-state index in [1.54, 1.807) is 6.92 Å². The van der Waals surface area contributed by atoms with E-state index >= 15 is 0 Å². The molecule has 0 aromatic heterocycles. The van der Waals surface area contributed by atoms with Crippen LogP contribution in [0.15, 0.2) is 42.0 Å². The van der Waals surface area contributed by atoms with E-state index < -0.39 is 24.7 Å². The number of nitriles is 1. The van der Waals surface area contributed by atoms with Crippen molar-refractivity contribution in [3.63, 3.8) is 0 Å². The second-order valence-corrected chi connectivity index (χ2v) is 6.87. The highest BCUT2D eigenvalue weighted by Crippen LogP contribution is 2.28. The first-order valence-corrected chi connectivity index (χ1v) is 9.10. The van der Waals surface area contributed by atoms with E-state index in [4.69, 9.17) is 5.11 Å². The number of nitrogens with one attached hydrogen (secondary N) is 1. The lowest BCUT2D eigenvalue weighted by Gasteiger charge is -2.16. The van der Waals surface area contributed by atoms with Crippen LogP contribution in [0, 0.1) is 11.3 Å². The average Bonchev–Trinajstić information content (AvgIpc) is 3.56. The van der Waals surface area contributed by atoms with Gasteiger partial charge in [0.05, 0.1) is 12.7 Å². The van der Waals surface area contributed by atoms with E-state index in [0.29, 0.717) is 5.57 Å². The Labute approximate surface area is 163 Å². The van der Waals surface area contributed by atoms with Gasteiger partial charge >= 0.3 is 0 Å². The number of hydrogen-bond donors (Lipinski definition) is 4. The topological polar surface area (TPSA) is 117 Å². The second-order valence-electron chi connectivity index (χ2n) is 6.87. The largest absolute Gasteiger partial charge is 0.394 e. The first-order chi connectivity index (χ1) is 13.4. The van der Waals surface area contributed by atoms with Crippen molar-refractivity contribution in [2.75, 3.05) is 31.1 Å². The molecule has 4 N–H and O–H groups in total. The van der Waals surface area contributed by atoms with E-state index in [2.05, 4.69) is 22.3 Å². The Morgan fingerprint density at radius 3 is 2.50 bits per heavy atom. The molecule has 0 spiro atoms.